The Morgan fingerprint density at radius 2 is 1.96 bits per heavy atom. The van der Waals surface area contributed by atoms with E-state index in [-0.39, 0.29) is 23.0 Å². The van der Waals surface area contributed by atoms with Crippen molar-refractivity contribution in [3.8, 4) is 0 Å². The Balaban J connectivity index is 1.75. The molecule has 0 spiro atoms. The molecular weight excluding hydrogens is 308 g/mol. The molecule has 3 heteroatoms. The topological polar surface area (TPSA) is 40.5 Å². The number of halogens is 1. The summed E-state index contributed by atoms with van der Waals surface area (Å²) < 4.78 is 0. The lowest BCUT2D eigenvalue weighted by atomic mass is 9.47. The zero-order valence-corrected chi connectivity index (χ0v) is 14.9. The van der Waals surface area contributed by atoms with Crippen molar-refractivity contribution < 1.29 is 10.2 Å². The quantitative estimate of drug-likeness (QED) is 0.696. The number of hydrogen-bond donors (Lipinski definition) is 2. The van der Waals surface area contributed by atoms with Gasteiger partial charge >= 0.3 is 0 Å². The number of rotatable bonds is 1. The van der Waals surface area contributed by atoms with Gasteiger partial charge in [-0.05, 0) is 74.5 Å². The van der Waals surface area contributed by atoms with E-state index in [0.29, 0.717) is 17.8 Å². The third kappa shape index (κ3) is 2.07. The molecule has 0 saturated heterocycles. The standard InChI is InChI=1S/C20H29ClO2/c1-12(21)20-10-7-14(22)11-13(20)3-4-15-16-5-6-18(23)19(16,2)9-8-17(15)20/h3,14-18,22-23H,1,4-11H2,2H3/t14-,15?,16?,17?,18-,19-,20+/m0/s1. The summed E-state index contributed by atoms with van der Waals surface area (Å²) in [5.74, 6) is 1.76. The second-order valence-corrected chi connectivity index (χ2v) is 9.21. The maximum absolute atomic E-state index is 10.5. The van der Waals surface area contributed by atoms with Gasteiger partial charge in [-0.15, -0.1) is 0 Å². The Bertz CT molecular complexity index is 556. The molecule has 4 rings (SSSR count). The van der Waals surface area contributed by atoms with Crippen LogP contribution in [0.15, 0.2) is 23.3 Å². The molecule has 7 atom stereocenters. The van der Waals surface area contributed by atoms with Crippen LogP contribution in [0.3, 0.4) is 0 Å². The van der Waals surface area contributed by atoms with Gasteiger partial charge in [0.2, 0.25) is 0 Å². The van der Waals surface area contributed by atoms with Crippen molar-refractivity contribution in [2.24, 2.45) is 28.6 Å². The number of allylic oxidation sites excluding steroid dienone is 2. The van der Waals surface area contributed by atoms with Crippen LogP contribution in [-0.4, -0.2) is 22.4 Å². The van der Waals surface area contributed by atoms with Crippen molar-refractivity contribution in [2.45, 2.75) is 70.5 Å². The maximum Gasteiger partial charge on any atom is 0.0596 e. The average molecular weight is 337 g/mol. The molecule has 0 bridgehead atoms. The smallest absolute Gasteiger partial charge is 0.0596 e. The summed E-state index contributed by atoms with van der Waals surface area (Å²) in [5.41, 5.74) is 1.34. The summed E-state index contributed by atoms with van der Waals surface area (Å²) >= 11 is 6.63. The zero-order chi connectivity index (χ0) is 16.4. The Labute approximate surface area is 144 Å². The van der Waals surface area contributed by atoms with Crippen LogP contribution in [0.2, 0.25) is 0 Å². The van der Waals surface area contributed by atoms with Gasteiger partial charge in [-0.2, -0.15) is 0 Å². The van der Waals surface area contributed by atoms with Crippen LogP contribution in [-0.2, 0) is 0 Å². The Morgan fingerprint density at radius 1 is 1.17 bits per heavy atom. The minimum Gasteiger partial charge on any atom is -0.393 e. The highest BCUT2D eigenvalue weighted by Crippen LogP contribution is 2.66. The molecule has 3 unspecified atom stereocenters. The summed E-state index contributed by atoms with van der Waals surface area (Å²) in [6.45, 7) is 6.48. The van der Waals surface area contributed by atoms with Gasteiger partial charge in [-0.25, -0.2) is 0 Å². The normalized spacial score (nSPS) is 52.2. The van der Waals surface area contributed by atoms with Crippen LogP contribution in [0.25, 0.3) is 0 Å². The molecule has 23 heavy (non-hydrogen) atoms. The number of aliphatic hydroxyl groups is 2. The largest absolute Gasteiger partial charge is 0.393 e. The van der Waals surface area contributed by atoms with Gasteiger partial charge in [0.25, 0.3) is 0 Å². The van der Waals surface area contributed by atoms with Gasteiger partial charge in [0.05, 0.1) is 12.2 Å². The van der Waals surface area contributed by atoms with Gasteiger partial charge in [-0.1, -0.05) is 36.8 Å². The Kier molecular flexibility index (Phi) is 3.76. The Morgan fingerprint density at radius 3 is 2.70 bits per heavy atom. The third-order valence-electron chi connectivity index (χ3n) is 8.04. The lowest BCUT2D eigenvalue weighted by molar-refractivity contribution is -0.0652. The molecule has 0 aromatic heterocycles. The zero-order valence-electron chi connectivity index (χ0n) is 14.1. The first-order valence-electron chi connectivity index (χ1n) is 9.30. The summed E-state index contributed by atoms with van der Waals surface area (Å²) in [5, 5.41) is 21.4. The highest BCUT2D eigenvalue weighted by atomic mass is 35.5. The van der Waals surface area contributed by atoms with Crippen LogP contribution in [0.4, 0.5) is 0 Å². The fourth-order valence-electron chi connectivity index (χ4n) is 6.77. The molecule has 128 valence electrons. The molecule has 0 heterocycles. The molecule has 3 fully saturated rings. The summed E-state index contributed by atoms with van der Waals surface area (Å²) in [6, 6.07) is 0. The molecule has 4 aliphatic carbocycles. The third-order valence-corrected chi connectivity index (χ3v) is 8.38. The van der Waals surface area contributed by atoms with Gasteiger partial charge in [-0.3, -0.25) is 0 Å². The van der Waals surface area contributed by atoms with E-state index in [1.54, 1.807) is 0 Å². The molecule has 2 nitrogen and oxygen atoms in total. The first-order valence-corrected chi connectivity index (χ1v) is 9.68. The Hall–Kier alpha value is -0.310. The van der Waals surface area contributed by atoms with Crippen LogP contribution in [0, 0.1) is 28.6 Å². The lowest BCUT2D eigenvalue weighted by Crippen LogP contribution is -2.52. The predicted octanol–water partition coefficient (Wildman–Crippen LogP) is 4.40. The van der Waals surface area contributed by atoms with Crippen molar-refractivity contribution in [3.63, 3.8) is 0 Å². The molecule has 0 radical (unpaired) electrons. The van der Waals surface area contributed by atoms with E-state index < -0.39 is 0 Å². The van der Waals surface area contributed by atoms with Crippen molar-refractivity contribution in [1.82, 2.24) is 0 Å². The fourth-order valence-corrected chi connectivity index (χ4v) is 7.13. The van der Waals surface area contributed by atoms with Gasteiger partial charge < -0.3 is 10.2 Å². The number of fused-ring (bicyclic) bond motifs is 5. The molecule has 2 N–H and O–H groups in total. The highest BCUT2D eigenvalue weighted by Gasteiger charge is 2.60. The van der Waals surface area contributed by atoms with E-state index >= 15 is 0 Å². The predicted molar refractivity (Wildman–Crippen MR) is 93.0 cm³/mol. The van der Waals surface area contributed by atoms with Crippen LogP contribution >= 0.6 is 11.6 Å². The first kappa shape index (κ1) is 16.2. The lowest BCUT2D eigenvalue weighted by Gasteiger charge is -2.58. The number of aliphatic hydroxyl groups excluding tert-OH is 2. The van der Waals surface area contributed by atoms with E-state index in [1.165, 1.54) is 5.57 Å². The highest BCUT2D eigenvalue weighted by molar-refractivity contribution is 6.30. The second-order valence-electron chi connectivity index (χ2n) is 8.75. The summed E-state index contributed by atoms with van der Waals surface area (Å²) in [6.07, 6.45) is 9.97. The van der Waals surface area contributed by atoms with Gasteiger partial charge in [0.1, 0.15) is 0 Å². The average Bonchev–Trinajstić information content (AvgIpc) is 2.82. The SMILES string of the molecule is C=C(Cl)[C@]12CC[C@H](O)CC1=CCC1C2CC[C@@]2(C)C1CC[C@@H]2O. The maximum atomic E-state index is 10.5. The minimum atomic E-state index is -0.218. The summed E-state index contributed by atoms with van der Waals surface area (Å²) in [4.78, 5) is 0. The van der Waals surface area contributed by atoms with Gasteiger partial charge in [0, 0.05) is 10.4 Å². The van der Waals surface area contributed by atoms with Crippen molar-refractivity contribution in [1.29, 1.82) is 0 Å². The molecule has 4 aliphatic rings. The second kappa shape index (κ2) is 5.34. The van der Waals surface area contributed by atoms with E-state index in [1.807, 2.05) is 0 Å². The van der Waals surface area contributed by atoms with Gasteiger partial charge in [0.15, 0.2) is 0 Å². The molecule has 0 aliphatic heterocycles. The van der Waals surface area contributed by atoms with E-state index in [2.05, 4.69) is 19.6 Å². The monoisotopic (exact) mass is 336 g/mol. The van der Waals surface area contributed by atoms with E-state index in [9.17, 15) is 10.2 Å². The molecule has 3 saturated carbocycles. The molecule has 0 amide bonds. The van der Waals surface area contributed by atoms with Crippen LogP contribution in [0.5, 0.6) is 0 Å². The van der Waals surface area contributed by atoms with Crippen molar-refractivity contribution in [2.75, 3.05) is 0 Å². The van der Waals surface area contributed by atoms with Crippen molar-refractivity contribution in [3.05, 3.63) is 23.3 Å². The van der Waals surface area contributed by atoms with Crippen molar-refractivity contribution >= 4 is 11.6 Å². The molecule has 0 aromatic carbocycles. The molecule has 0 aromatic rings. The van der Waals surface area contributed by atoms with Crippen LogP contribution in [0.1, 0.15) is 58.3 Å². The molecular formula is C20H29ClO2. The van der Waals surface area contributed by atoms with E-state index in [0.717, 1.165) is 56.4 Å². The summed E-state index contributed by atoms with van der Waals surface area (Å²) in [7, 11) is 0. The number of hydrogen-bond acceptors (Lipinski definition) is 2. The van der Waals surface area contributed by atoms with E-state index in [4.69, 9.17) is 11.6 Å². The minimum absolute atomic E-state index is 0.0928. The first-order chi connectivity index (χ1) is 10.9. The van der Waals surface area contributed by atoms with Crippen LogP contribution < -0.4 is 0 Å². The fraction of sp³-hybridized carbons (Fsp3) is 0.800.